The molecule has 3 nitrogen and oxygen atoms in total. The number of halogens is 1. The van der Waals surface area contributed by atoms with Gasteiger partial charge in [0, 0.05) is 16.5 Å². The van der Waals surface area contributed by atoms with Gasteiger partial charge < -0.3 is 14.9 Å². The molecule has 3 aromatic carbocycles. The first-order chi connectivity index (χ1) is 13.1. The number of benzene rings is 3. The number of ether oxygens (including phenoxy) is 1. The summed E-state index contributed by atoms with van der Waals surface area (Å²) in [5.74, 6) is 0.391. The fourth-order valence-corrected chi connectivity index (χ4v) is 5.01. The van der Waals surface area contributed by atoms with Crippen molar-refractivity contribution in [3.8, 4) is 5.75 Å². The molecule has 2 aliphatic rings. The minimum atomic E-state index is -1.54. The number of aliphatic hydroxyl groups is 2. The zero-order valence-electron chi connectivity index (χ0n) is 14.5. The summed E-state index contributed by atoms with van der Waals surface area (Å²) in [5.41, 5.74) is -0.211. The number of rotatable bonds is 2. The lowest BCUT2D eigenvalue weighted by atomic mass is 9.71. The minimum absolute atomic E-state index is 0.215. The van der Waals surface area contributed by atoms with E-state index in [9.17, 15) is 10.2 Å². The SMILES string of the molecule is O[C@@H]1C[C@@H](c2ccccc2)[C@]2(c3ccc(Cl)cc3)Oc3ccccc3[C@]12O. The van der Waals surface area contributed by atoms with Crippen LogP contribution in [0.15, 0.2) is 78.9 Å². The summed E-state index contributed by atoms with van der Waals surface area (Å²) >= 11 is 6.11. The van der Waals surface area contributed by atoms with E-state index < -0.39 is 17.3 Å². The van der Waals surface area contributed by atoms with Gasteiger partial charge >= 0.3 is 0 Å². The van der Waals surface area contributed by atoms with E-state index in [4.69, 9.17) is 16.3 Å². The largest absolute Gasteiger partial charge is 0.478 e. The van der Waals surface area contributed by atoms with Crippen LogP contribution in [-0.2, 0) is 11.2 Å². The molecule has 27 heavy (non-hydrogen) atoms. The van der Waals surface area contributed by atoms with Gasteiger partial charge in [0.2, 0.25) is 0 Å². The Hall–Kier alpha value is -2.33. The van der Waals surface area contributed by atoms with Crippen molar-refractivity contribution in [2.75, 3.05) is 0 Å². The van der Waals surface area contributed by atoms with Gasteiger partial charge in [-0.15, -0.1) is 0 Å². The van der Waals surface area contributed by atoms with Crippen molar-refractivity contribution in [1.29, 1.82) is 0 Å². The lowest BCUT2D eigenvalue weighted by Crippen LogP contribution is -2.51. The van der Waals surface area contributed by atoms with Gasteiger partial charge in [-0.25, -0.2) is 0 Å². The smallest absolute Gasteiger partial charge is 0.176 e. The van der Waals surface area contributed by atoms with Crippen molar-refractivity contribution in [3.05, 3.63) is 101 Å². The molecule has 1 heterocycles. The molecule has 4 heteroatoms. The topological polar surface area (TPSA) is 49.7 Å². The van der Waals surface area contributed by atoms with Gasteiger partial charge in [-0.3, -0.25) is 0 Å². The molecule has 1 saturated carbocycles. The molecule has 0 saturated heterocycles. The maximum absolute atomic E-state index is 11.9. The van der Waals surface area contributed by atoms with E-state index in [1.165, 1.54) is 0 Å². The Labute approximate surface area is 162 Å². The molecule has 1 aliphatic heterocycles. The van der Waals surface area contributed by atoms with E-state index in [2.05, 4.69) is 0 Å². The van der Waals surface area contributed by atoms with Gasteiger partial charge in [-0.05, 0) is 35.7 Å². The van der Waals surface area contributed by atoms with Crippen molar-refractivity contribution in [2.24, 2.45) is 0 Å². The van der Waals surface area contributed by atoms with Gasteiger partial charge in [-0.1, -0.05) is 72.3 Å². The van der Waals surface area contributed by atoms with Gasteiger partial charge in [0.1, 0.15) is 5.75 Å². The zero-order valence-corrected chi connectivity index (χ0v) is 15.3. The van der Waals surface area contributed by atoms with Crippen LogP contribution in [0.25, 0.3) is 0 Å². The second-order valence-electron chi connectivity index (χ2n) is 7.32. The van der Waals surface area contributed by atoms with Crippen LogP contribution in [0.2, 0.25) is 5.02 Å². The van der Waals surface area contributed by atoms with E-state index in [-0.39, 0.29) is 5.92 Å². The highest BCUT2D eigenvalue weighted by molar-refractivity contribution is 6.30. The third kappa shape index (κ3) is 2.10. The monoisotopic (exact) mass is 378 g/mol. The Kier molecular flexibility index (Phi) is 3.63. The number of aliphatic hydroxyl groups excluding tert-OH is 1. The van der Waals surface area contributed by atoms with Gasteiger partial charge in [0.25, 0.3) is 0 Å². The molecular weight excluding hydrogens is 360 g/mol. The fraction of sp³-hybridized carbons (Fsp3) is 0.217. The molecule has 136 valence electrons. The molecule has 0 aromatic heterocycles. The normalized spacial score (nSPS) is 31.2. The molecule has 5 rings (SSSR count). The summed E-state index contributed by atoms with van der Waals surface area (Å²) < 4.78 is 6.53. The second-order valence-corrected chi connectivity index (χ2v) is 7.76. The summed E-state index contributed by atoms with van der Waals surface area (Å²) in [6.07, 6.45) is -0.556. The van der Waals surface area contributed by atoms with E-state index in [0.717, 1.165) is 11.1 Å². The third-order valence-electron chi connectivity index (χ3n) is 6.04. The molecular formula is C23H19ClO3. The van der Waals surface area contributed by atoms with Crippen LogP contribution in [0, 0.1) is 0 Å². The minimum Gasteiger partial charge on any atom is -0.478 e. The zero-order chi connectivity index (χ0) is 18.6. The van der Waals surface area contributed by atoms with E-state index in [0.29, 0.717) is 22.8 Å². The summed E-state index contributed by atoms with van der Waals surface area (Å²) in [6.45, 7) is 0. The molecule has 1 fully saturated rings. The summed E-state index contributed by atoms with van der Waals surface area (Å²) in [5, 5.41) is 23.6. The molecule has 0 radical (unpaired) electrons. The molecule has 3 aromatic rings. The lowest BCUT2D eigenvalue weighted by molar-refractivity contribution is -0.149. The van der Waals surface area contributed by atoms with Crippen molar-refractivity contribution < 1.29 is 14.9 Å². The van der Waals surface area contributed by atoms with Crippen LogP contribution < -0.4 is 4.74 Å². The number of para-hydroxylation sites is 1. The predicted octanol–water partition coefficient (Wildman–Crippen LogP) is 4.36. The van der Waals surface area contributed by atoms with Gasteiger partial charge in [-0.2, -0.15) is 0 Å². The second kappa shape index (κ2) is 5.83. The van der Waals surface area contributed by atoms with E-state index >= 15 is 0 Å². The van der Waals surface area contributed by atoms with E-state index in [1.54, 1.807) is 12.1 Å². The standard InChI is InChI=1S/C23H19ClO3/c24-17-12-10-16(11-13-17)23-19(15-6-2-1-3-7-15)14-21(25)22(23,26)18-8-4-5-9-20(18)27-23/h1-13,19,21,25-26H,14H2/t19-,21+,22-,23-/m0/s1. The summed E-state index contributed by atoms with van der Waals surface area (Å²) in [7, 11) is 0. The molecule has 1 aliphatic carbocycles. The quantitative estimate of drug-likeness (QED) is 0.696. The van der Waals surface area contributed by atoms with Crippen LogP contribution in [0.3, 0.4) is 0 Å². The molecule has 0 spiro atoms. The first-order valence-electron chi connectivity index (χ1n) is 9.07. The molecule has 0 unspecified atom stereocenters. The highest BCUT2D eigenvalue weighted by Crippen LogP contribution is 2.66. The number of hydrogen-bond acceptors (Lipinski definition) is 3. The number of hydrogen-bond donors (Lipinski definition) is 2. The Morgan fingerprint density at radius 2 is 1.56 bits per heavy atom. The fourth-order valence-electron chi connectivity index (χ4n) is 4.88. The van der Waals surface area contributed by atoms with Crippen LogP contribution in [0.1, 0.15) is 29.0 Å². The van der Waals surface area contributed by atoms with Gasteiger partial charge in [0.15, 0.2) is 11.2 Å². The molecule has 0 bridgehead atoms. The predicted molar refractivity (Wildman–Crippen MR) is 104 cm³/mol. The maximum atomic E-state index is 11.9. The number of fused-ring (bicyclic) bond motifs is 3. The van der Waals surface area contributed by atoms with E-state index in [1.807, 2.05) is 66.7 Å². The lowest BCUT2D eigenvalue weighted by Gasteiger charge is -2.40. The Bertz CT molecular complexity index is 988. The van der Waals surface area contributed by atoms with Crippen LogP contribution in [-0.4, -0.2) is 16.3 Å². The first-order valence-corrected chi connectivity index (χ1v) is 9.45. The van der Waals surface area contributed by atoms with Crippen molar-refractivity contribution in [2.45, 2.75) is 29.6 Å². The van der Waals surface area contributed by atoms with Crippen LogP contribution in [0.4, 0.5) is 0 Å². The van der Waals surface area contributed by atoms with Crippen molar-refractivity contribution in [1.82, 2.24) is 0 Å². The first kappa shape index (κ1) is 16.8. The molecule has 0 amide bonds. The van der Waals surface area contributed by atoms with Crippen molar-refractivity contribution >= 4 is 11.6 Å². The molecule has 4 atom stereocenters. The summed E-state index contributed by atoms with van der Waals surface area (Å²) in [6, 6.07) is 24.7. The van der Waals surface area contributed by atoms with Crippen LogP contribution in [0.5, 0.6) is 5.75 Å². The Morgan fingerprint density at radius 3 is 2.30 bits per heavy atom. The maximum Gasteiger partial charge on any atom is 0.176 e. The summed E-state index contributed by atoms with van der Waals surface area (Å²) in [4.78, 5) is 0. The highest BCUT2D eigenvalue weighted by Gasteiger charge is 2.72. The highest BCUT2D eigenvalue weighted by atomic mass is 35.5. The van der Waals surface area contributed by atoms with Gasteiger partial charge in [0.05, 0.1) is 6.10 Å². The average molecular weight is 379 g/mol. The van der Waals surface area contributed by atoms with Crippen molar-refractivity contribution in [3.63, 3.8) is 0 Å². The van der Waals surface area contributed by atoms with Crippen LogP contribution >= 0.6 is 11.6 Å². The Balaban J connectivity index is 1.80. The third-order valence-corrected chi connectivity index (χ3v) is 6.29. The average Bonchev–Trinajstić information content (AvgIpc) is 3.10. The molecule has 2 N–H and O–H groups in total. The Morgan fingerprint density at radius 1 is 0.889 bits per heavy atom.